The van der Waals surface area contributed by atoms with Crippen molar-refractivity contribution in [2.24, 2.45) is 11.8 Å². The minimum Gasteiger partial charge on any atom is -0.497 e. The lowest BCUT2D eigenvalue weighted by molar-refractivity contribution is -0.385. The standard InChI is InChI=1S/C42H32N2O7/c1-25-14-19-30(24-33(25)44(48)49)43-38(45)36-37(39(43)46)42(29-12-8-5-9-13-29)35(27-17-22-32(51-3)23-18-27)34(26-15-20-31(50-2)21-16-26)41(36,40(42)47)28-10-6-4-7-11-28/h4-24,36-37H,1-3H3/t36-,37-,41+,42+/m1/s1. The number of nitrogens with zero attached hydrogens (tertiary/aromatic N) is 2. The zero-order valence-electron chi connectivity index (χ0n) is 28.0. The highest BCUT2D eigenvalue weighted by Gasteiger charge is 2.82. The predicted molar refractivity (Wildman–Crippen MR) is 191 cm³/mol. The number of hydrogen-bond donors (Lipinski definition) is 0. The lowest BCUT2D eigenvalue weighted by Gasteiger charge is -2.39. The van der Waals surface area contributed by atoms with Gasteiger partial charge in [-0.05, 0) is 70.7 Å². The van der Waals surface area contributed by atoms with Crippen molar-refractivity contribution >= 4 is 40.1 Å². The van der Waals surface area contributed by atoms with Crippen LogP contribution in [0, 0.1) is 28.9 Å². The topological polar surface area (TPSA) is 116 Å². The zero-order valence-corrected chi connectivity index (χ0v) is 28.0. The average Bonchev–Trinajstić information content (AvgIpc) is 3.68. The minimum absolute atomic E-state index is 0.0898. The number of methoxy groups -OCH3 is 2. The highest BCUT2D eigenvalue weighted by Crippen LogP contribution is 2.74. The van der Waals surface area contributed by atoms with E-state index in [1.807, 2.05) is 109 Å². The first-order valence-electron chi connectivity index (χ1n) is 16.5. The third-order valence-corrected chi connectivity index (χ3v) is 10.9. The van der Waals surface area contributed by atoms with E-state index >= 15 is 14.4 Å². The molecule has 0 radical (unpaired) electrons. The normalized spacial score (nSPS) is 23.5. The highest BCUT2D eigenvalue weighted by molar-refractivity contribution is 6.39. The molecular formula is C42H32N2O7. The van der Waals surface area contributed by atoms with Gasteiger partial charge in [-0.3, -0.25) is 24.5 Å². The van der Waals surface area contributed by atoms with Crippen molar-refractivity contribution in [2.45, 2.75) is 17.8 Å². The van der Waals surface area contributed by atoms with Crippen LogP contribution in [0.1, 0.15) is 27.8 Å². The summed E-state index contributed by atoms with van der Waals surface area (Å²) in [7, 11) is 3.15. The molecule has 1 aliphatic heterocycles. The second-order valence-electron chi connectivity index (χ2n) is 13.1. The molecule has 1 saturated carbocycles. The Morgan fingerprint density at radius 3 is 1.45 bits per heavy atom. The number of Topliss-reactive ketones (excluding diaryl/α,β-unsaturated/α-hetero) is 1. The first kappa shape index (κ1) is 31.9. The van der Waals surface area contributed by atoms with E-state index in [4.69, 9.17) is 9.47 Å². The molecule has 9 nitrogen and oxygen atoms in total. The molecule has 2 bridgehead atoms. The van der Waals surface area contributed by atoms with Gasteiger partial charge in [-0.15, -0.1) is 0 Å². The van der Waals surface area contributed by atoms with Crippen LogP contribution < -0.4 is 14.4 Å². The Morgan fingerprint density at radius 2 is 1.06 bits per heavy atom. The Balaban J connectivity index is 1.52. The maximum atomic E-state index is 16.1. The van der Waals surface area contributed by atoms with Crippen molar-refractivity contribution in [3.05, 3.63) is 165 Å². The number of aryl methyl sites for hydroxylation is 1. The van der Waals surface area contributed by atoms with E-state index in [1.54, 1.807) is 27.2 Å². The average molecular weight is 677 g/mol. The zero-order chi connectivity index (χ0) is 35.7. The van der Waals surface area contributed by atoms with Gasteiger partial charge in [0.2, 0.25) is 11.8 Å². The number of imide groups is 1. The van der Waals surface area contributed by atoms with Crippen LogP contribution in [-0.2, 0) is 25.2 Å². The maximum absolute atomic E-state index is 16.1. The fraction of sp³-hybridized carbons (Fsp3) is 0.167. The number of nitro groups is 1. The van der Waals surface area contributed by atoms with Gasteiger partial charge in [-0.25, -0.2) is 4.90 Å². The molecule has 3 aliphatic rings. The van der Waals surface area contributed by atoms with E-state index in [-0.39, 0.29) is 17.2 Å². The Kier molecular flexibility index (Phi) is 7.27. The van der Waals surface area contributed by atoms with Gasteiger partial charge in [0.15, 0.2) is 5.78 Å². The van der Waals surface area contributed by atoms with E-state index < -0.39 is 39.4 Å². The second-order valence-corrected chi connectivity index (χ2v) is 13.1. The summed E-state index contributed by atoms with van der Waals surface area (Å²) >= 11 is 0. The lowest BCUT2D eigenvalue weighted by Crippen LogP contribution is -2.45. The molecule has 1 heterocycles. The largest absolute Gasteiger partial charge is 0.497 e. The van der Waals surface area contributed by atoms with Crippen molar-refractivity contribution < 1.29 is 28.8 Å². The number of carbonyl (C=O) groups excluding carboxylic acids is 3. The molecule has 252 valence electrons. The van der Waals surface area contributed by atoms with Gasteiger partial charge in [0.05, 0.1) is 47.5 Å². The second kappa shape index (κ2) is 11.6. The third-order valence-electron chi connectivity index (χ3n) is 10.9. The van der Waals surface area contributed by atoms with Crippen molar-refractivity contribution in [1.29, 1.82) is 0 Å². The predicted octanol–water partition coefficient (Wildman–Crippen LogP) is 7.11. The maximum Gasteiger partial charge on any atom is 0.274 e. The van der Waals surface area contributed by atoms with Gasteiger partial charge in [-0.1, -0.05) is 91.0 Å². The molecule has 2 amide bonds. The molecule has 5 aromatic carbocycles. The number of benzene rings is 5. The Labute approximate surface area is 293 Å². The number of hydrogen-bond acceptors (Lipinski definition) is 7. The van der Waals surface area contributed by atoms with Crippen LogP contribution in [0.15, 0.2) is 127 Å². The summed E-state index contributed by atoms with van der Waals surface area (Å²) in [5.41, 5.74) is 0.814. The number of ketones is 1. The van der Waals surface area contributed by atoms with Crippen molar-refractivity contribution in [1.82, 2.24) is 0 Å². The molecule has 51 heavy (non-hydrogen) atoms. The van der Waals surface area contributed by atoms with E-state index in [9.17, 15) is 10.1 Å². The number of ether oxygens (including phenoxy) is 2. The summed E-state index contributed by atoms with van der Waals surface area (Å²) in [6.45, 7) is 1.60. The number of anilines is 1. The number of allylic oxidation sites excluding steroid dienone is 2. The molecule has 0 N–H and O–H groups in total. The smallest absolute Gasteiger partial charge is 0.274 e. The minimum atomic E-state index is -1.62. The number of nitro benzene ring substituents is 1. The van der Waals surface area contributed by atoms with Crippen LogP contribution in [-0.4, -0.2) is 36.7 Å². The lowest BCUT2D eigenvalue weighted by atomic mass is 9.59. The Morgan fingerprint density at radius 1 is 0.627 bits per heavy atom. The molecule has 2 aliphatic carbocycles. The van der Waals surface area contributed by atoms with Crippen LogP contribution in [0.4, 0.5) is 11.4 Å². The summed E-state index contributed by atoms with van der Waals surface area (Å²) in [6.07, 6.45) is 0. The molecule has 2 fully saturated rings. The summed E-state index contributed by atoms with van der Waals surface area (Å²) in [5, 5.41) is 12.0. The fourth-order valence-corrected chi connectivity index (χ4v) is 8.83. The van der Waals surface area contributed by atoms with Crippen LogP contribution >= 0.6 is 0 Å². The van der Waals surface area contributed by atoms with Crippen LogP contribution in [0.2, 0.25) is 0 Å². The van der Waals surface area contributed by atoms with Gasteiger partial charge >= 0.3 is 0 Å². The van der Waals surface area contributed by atoms with Crippen molar-refractivity contribution in [3.63, 3.8) is 0 Å². The quantitative estimate of drug-likeness (QED) is 0.0977. The highest BCUT2D eigenvalue weighted by atomic mass is 16.6. The van der Waals surface area contributed by atoms with Crippen molar-refractivity contribution in [2.75, 3.05) is 19.1 Å². The Bertz CT molecular complexity index is 2160. The Hall–Kier alpha value is -6.35. The number of rotatable bonds is 8. The van der Waals surface area contributed by atoms with Gasteiger partial charge in [0.1, 0.15) is 11.5 Å². The monoisotopic (exact) mass is 676 g/mol. The summed E-state index contributed by atoms with van der Waals surface area (Å²) < 4.78 is 11.0. The van der Waals surface area contributed by atoms with Gasteiger partial charge in [0, 0.05) is 11.6 Å². The molecular weight excluding hydrogens is 644 g/mol. The number of carbonyl (C=O) groups is 3. The van der Waals surface area contributed by atoms with Gasteiger partial charge in [0.25, 0.3) is 5.69 Å². The molecule has 0 aromatic heterocycles. The SMILES string of the molecule is COc1ccc(C2=C(c3ccc(OC)cc3)[C@]3(c4ccccc4)C(=O)[C@]2(c2ccccc2)[C@H]2C(=O)N(c4ccc(C)c([N+](=O)[O-])c4)C(=O)[C@@H]23)cc1. The van der Waals surface area contributed by atoms with Crippen LogP contribution in [0.5, 0.6) is 11.5 Å². The van der Waals surface area contributed by atoms with Crippen LogP contribution in [0.3, 0.4) is 0 Å². The molecule has 4 atom stereocenters. The molecule has 5 aromatic rings. The summed E-state index contributed by atoms with van der Waals surface area (Å²) in [5.74, 6) is -2.54. The molecule has 8 rings (SSSR count). The third kappa shape index (κ3) is 4.18. The fourth-order valence-electron chi connectivity index (χ4n) is 8.83. The molecule has 9 heteroatoms. The number of amides is 2. The van der Waals surface area contributed by atoms with E-state index in [0.717, 1.165) is 4.90 Å². The molecule has 1 saturated heterocycles. The first-order chi connectivity index (χ1) is 24.7. The van der Waals surface area contributed by atoms with E-state index in [1.165, 1.54) is 12.1 Å². The molecule has 0 spiro atoms. The first-order valence-corrected chi connectivity index (χ1v) is 16.5. The van der Waals surface area contributed by atoms with E-state index in [2.05, 4.69) is 0 Å². The number of fused-ring (bicyclic) bond motifs is 5. The summed E-state index contributed by atoms with van der Waals surface area (Å²) in [4.78, 5) is 59.0. The molecule has 0 unspecified atom stereocenters. The van der Waals surface area contributed by atoms with Crippen LogP contribution in [0.25, 0.3) is 11.1 Å². The van der Waals surface area contributed by atoms with Crippen molar-refractivity contribution in [3.8, 4) is 11.5 Å². The van der Waals surface area contributed by atoms with Gasteiger partial charge < -0.3 is 9.47 Å². The summed E-state index contributed by atoms with van der Waals surface area (Å²) in [6, 6.07) is 37.5. The van der Waals surface area contributed by atoms with Gasteiger partial charge in [-0.2, -0.15) is 0 Å². The van der Waals surface area contributed by atoms with E-state index in [0.29, 0.717) is 50.5 Å².